The van der Waals surface area contributed by atoms with Crippen molar-refractivity contribution in [2.24, 2.45) is 5.92 Å². The number of nitrogens with one attached hydrogen (secondary N) is 1. The fourth-order valence-corrected chi connectivity index (χ4v) is 7.12. The van der Waals surface area contributed by atoms with Gasteiger partial charge >= 0.3 is 0 Å². The molecule has 2 fully saturated rings. The number of aryl methyl sites for hydroxylation is 2. The summed E-state index contributed by atoms with van der Waals surface area (Å²) in [5.41, 5.74) is 3.39. The molecule has 1 N–H and O–H groups in total. The summed E-state index contributed by atoms with van der Waals surface area (Å²) in [6.07, 6.45) is 2.93. The molecule has 0 unspecified atom stereocenters. The van der Waals surface area contributed by atoms with Gasteiger partial charge in [-0.3, -0.25) is 9.59 Å². The van der Waals surface area contributed by atoms with Gasteiger partial charge in [0.15, 0.2) is 0 Å². The second-order valence-corrected chi connectivity index (χ2v) is 11.7. The van der Waals surface area contributed by atoms with E-state index in [0.29, 0.717) is 31.5 Å². The van der Waals surface area contributed by atoms with Crippen LogP contribution < -0.4 is 5.32 Å². The molecule has 4 rings (SSSR count). The Morgan fingerprint density at radius 1 is 1.03 bits per heavy atom. The lowest BCUT2D eigenvalue weighted by atomic mass is 9.97. The number of thiophene rings is 1. The normalized spacial score (nSPS) is 18.1. The molecular weight excluding hydrogens is 446 g/mol. The van der Waals surface area contributed by atoms with E-state index in [1.165, 1.54) is 10.4 Å². The first-order valence-corrected chi connectivity index (χ1v) is 13.3. The monoisotopic (exact) mass is 475 g/mol. The van der Waals surface area contributed by atoms with Gasteiger partial charge in [-0.05, 0) is 57.2 Å². The molecule has 7 nitrogen and oxygen atoms in total. The molecule has 0 bridgehead atoms. The quantitative estimate of drug-likeness (QED) is 0.715. The highest BCUT2D eigenvalue weighted by molar-refractivity contribution is 7.91. The molecule has 1 aromatic heterocycles. The highest BCUT2D eigenvalue weighted by Gasteiger charge is 2.33. The topological polar surface area (TPSA) is 86.8 Å². The molecule has 0 radical (unpaired) electrons. The first-order chi connectivity index (χ1) is 15.3. The van der Waals surface area contributed by atoms with Gasteiger partial charge in [-0.1, -0.05) is 17.7 Å². The van der Waals surface area contributed by atoms with Crippen LogP contribution in [0.25, 0.3) is 0 Å². The SMILES string of the molecule is Cc1ccc(NC(=O)C2CCN(S(=O)(=O)c3cc(C(=O)N4CCCC4)cs3)CC2)c(C)c1. The summed E-state index contributed by atoms with van der Waals surface area (Å²) in [5, 5.41) is 4.62. The third kappa shape index (κ3) is 4.74. The molecule has 32 heavy (non-hydrogen) atoms. The fraction of sp³-hybridized carbons (Fsp3) is 0.478. The number of anilines is 1. The Bertz CT molecular complexity index is 1110. The number of hydrogen-bond acceptors (Lipinski definition) is 5. The van der Waals surface area contributed by atoms with Gasteiger partial charge in [-0.2, -0.15) is 4.31 Å². The van der Waals surface area contributed by atoms with E-state index < -0.39 is 10.0 Å². The lowest BCUT2D eigenvalue weighted by Crippen LogP contribution is -2.41. The molecule has 172 valence electrons. The van der Waals surface area contributed by atoms with Gasteiger partial charge in [0.2, 0.25) is 5.91 Å². The molecule has 0 aliphatic carbocycles. The van der Waals surface area contributed by atoms with Crippen LogP contribution in [0.3, 0.4) is 0 Å². The second-order valence-electron chi connectivity index (χ2n) is 8.64. The van der Waals surface area contributed by atoms with Gasteiger partial charge in [-0.25, -0.2) is 8.42 Å². The Morgan fingerprint density at radius 3 is 2.38 bits per heavy atom. The van der Waals surface area contributed by atoms with E-state index in [9.17, 15) is 18.0 Å². The number of carbonyl (C=O) groups excluding carboxylic acids is 2. The minimum atomic E-state index is -3.67. The van der Waals surface area contributed by atoms with Gasteiger partial charge < -0.3 is 10.2 Å². The van der Waals surface area contributed by atoms with Gasteiger partial charge in [0.05, 0.1) is 5.56 Å². The van der Waals surface area contributed by atoms with Crippen molar-refractivity contribution in [3.05, 3.63) is 46.3 Å². The van der Waals surface area contributed by atoms with Crippen LogP contribution in [0, 0.1) is 19.8 Å². The minimum Gasteiger partial charge on any atom is -0.339 e. The van der Waals surface area contributed by atoms with E-state index in [2.05, 4.69) is 5.32 Å². The third-order valence-corrected chi connectivity index (χ3v) is 9.59. The maximum atomic E-state index is 13.1. The van der Waals surface area contributed by atoms with Gasteiger partial charge in [0.25, 0.3) is 15.9 Å². The summed E-state index contributed by atoms with van der Waals surface area (Å²) < 4.78 is 27.8. The summed E-state index contributed by atoms with van der Waals surface area (Å²) in [7, 11) is -3.67. The Kier molecular flexibility index (Phi) is 6.69. The molecular formula is C23H29N3O4S2. The van der Waals surface area contributed by atoms with Crippen LogP contribution in [0.15, 0.2) is 33.9 Å². The number of amides is 2. The Labute approximate surface area is 193 Å². The number of nitrogens with zero attached hydrogens (tertiary/aromatic N) is 2. The van der Waals surface area contributed by atoms with Crippen molar-refractivity contribution in [3.63, 3.8) is 0 Å². The number of piperidine rings is 1. The molecule has 2 amide bonds. The summed E-state index contributed by atoms with van der Waals surface area (Å²) in [6.45, 7) is 6.01. The second kappa shape index (κ2) is 9.33. The van der Waals surface area contributed by atoms with Crippen molar-refractivity contribution in [1.29, 1.82) is 0 Å². The zero-order valence-electron chi connectivity index (χ0n) is 18.5. The Morgan fingerprint density at radius 2 is 1.72 bits per heavy atom. The van der Waals surface area contributed by atoms with E-state index in [1.54, 1.807) is 10.3 Å². The first-order valence-electron chi connectivity index (χ1n) is 11.0. The lowest BCUT2D eigenvalue weighted by Gasteiger charge is -2.30. The van der Waals surface area contributed by atoms with E-state index in [0.717, 1.165) is 54.1 Å². The smallest absolute Gasteiger partial charge is 0.254 e. The summed E-state index contributed by atoms with van der Waals surface area (Å²) in [4.78, 5) is 27.0. The van der Waals surface area contributed by atoms with Crippen molar-refractivity contribution < 1.29 is 18.0 Å². The summed E-state index contributed by atoms with van der Waals surface area (Å²) in [5.74, 6) is -0.386. The highest BCUT2D eigenvalue weighted by Crippen LogP contribution is 2.29. The standard InChI is InChI=1S/C23H29N3O4S2/c1-16-5-6-20(17(2)13-16)24-22(27)18-7-11-26(12-8-18)32(29,30)21-14-19(15-31-21)23(28)25-9-3-4-10-25/h5-6,13-15,18H,3-4,7-12H2,1-2H3,(H,24,27). The predicted octanol–water partition coefficient (Wildman–Crippen LogP) is 3.64. The molecule has 2 aliphatic heterocycles. The van der Waals surface area contributed by atoms with E-state index in [1.807, 2.05) is 32.0 Å². The van der Waals surface area contributed by atoms with Crippen molar-refractivity contribution in [2.75, 3.05) is 31.5 Å². The molecule has 9 heteroatoms. The average molecular weight is 476 g/mol. The molecule has 2 saturated heterocycles. The van der Waals surface area contributed by atoms with E-state index >= 15 is 0 Å². The van der Waals surface area contributed by atoms with Crippen LogP contribution in [0.1, 0.15) is 47.2 Å². The zero-order chi connectivity index (χ0) is 22.9. The van der Waals surface area contributed by atoms with Crippen molar-refractivity contribution in [1.82, 2.24) is 9.21 Å². The number of sulfonamides is 1. The molecule has 3 heterocycles. The molecule has 0 spiro atoms. The largest absolute Gasteiger partial charge is 0.339 e. The third-order valence-electron chi connectivity index (χ3n) is 6.27. The molecule has 0 atom stereocenters. The number of hydrogen-bond donors (Lipinski definition) is 1. The van der Waals surface area contributed by atoms with Gasteiger partial charge in [-0.15, -0.1) is 11.3 Å². The van der Waals surface area contributed by atoms with Crippen molar-refractivity contribution >= 4 is 38.9 Å². The number of carbonyl (C=O) groups is 2. The molecule has 2 aromatic rings. The van der Waals surface area contributed by atoms with Gasteiger partial charge in [0.1, 0.15) is 4.21 Å². The first kappa shape index (κ1) is 22.9. The maximum absolute atomic E-state index is 13.1. The highest BCUT2D eigenvalue weighted by atomic mass is 32.2. The van der Waals surface area contributed by atoms with E-state index in [-0.39, 0.29) is 21.9 Å². The number of benzene rings is 1. The van der Waals surface area contributed by atoms with Crippen LogP contribution >= 0.6 is 11.3 Å². The zero-order valence-corrected chi connectivity index (χ0v) is 20.1. The van der Waals surface area contributed by atoms with Crippen LogP contribution in [0.5, 0.6) is 0 Å². The summed E-state index contributed by atoms with van der Waals surface area (Å²) in [6, 6.07) is 7.38. The lowest BCUT2D eigenvalue weighted by molar-refractivity contribution is -0.120. The molecule has 2 aliphatic rings. The Balaban J connectivity index is 1.37. The number of rotatable bonds is 5. The minimum absolute atomic E-state index is 0.0661. The van der Waals surface area contributed by atoms with Crippen LogP contribution in [0.2, 0.25) is 0 Å². The summed E-state index contributed by atoms with van der Waals surface area (Å²) >= 11 is 1.09. The van der Waals surface area contributed by atoms with Gasteiger partial charge in [0, 0.05) is 43.2 Å². The predicted molar refractivity (Wildman–Crippen MR) is 125 cm³/mol. The van der Waals surface area contributed by atoms with Crippen LogP contribution in [0.4, 0.5) is 5.69 Å². The van der Waals surface area contributed by atoms with Crippen molar-refractivity contribution in [2.45, 2.75) is 43.7 Å². The fourth-order valence-electron chi connectivity index (χ4n) is 4.34. The Hall–Kier alpha value is -2.23. The van der Waals surface area contributed by atoms with Crippen LogP contribution in [-0.2, 0) is 14.8 Å². The van der Waals surface area contributed by atoms with Crippen LogP contribution in [-0.4, -0.2) is 55.6 Å². The number of likely N-dealkylation sites (tertiary alicyclic amines) is 1. The molecule has 1 aromatic carbocycles. The molecule has 0 saturated carbocycles. The van der Waals surface area contributed by atoms with E-state index in [4.69, 9.17) is 0 Å². The van der Waals surface area contributed by atoms with Crippen molar-refractivity contribution in [3.8, 4) is 0 Å². The maximum Gasteiger partial charge on any atom is 0.254 e. The average Bonchev–Trinajstić information content (AvgIpc) is 3.48.